The summed E-state index contributed by atoms with van der Waals surface area (Å²) in [5.41, 5.74) is 5.72. The van der Waals surface area contributed by atoms with E-state index in [-0.39, 0.29) is 18.1 Å². The lowest BCUT2D eigenvalue weighted by Gasteiger charge is -2.18. The Morgan fingerprint density at radius 2 is 2.44 bits per heavy atom. The molecule has 4 N–H and O–H groups in total. The zero-order valence-corrected chi connectivity index (χ0v) is 9.93. The molecule has 100 valence electrons. The van der Waals surface area contributed by atoms with Crippen LogP contribution >= 0.6 is 0 Å². The third-order valence-corrected chi connectivity index (χ3v) is 2.82. The summed E-state index contributed by atoms with van der Waals surface area (Å²) in [5, 5.41) is 23.0. The molecule has 2 heterocycles. The van der Waals surface area contributed by atoms with Gasteiger partial charge in [-0.3, -0.25) is 0 Å². The Hall–Kier alpha value is -1.48. The average molecular weight is 256 g/mol. The summed E-state index contributed by atoms with van der Waals surface area (Å²) < 4.78 is 12.0. The molecule has 0 amide bonds. The van der Waals surface area contributed by atoms with Crippen molar-refractivity contribution in [3.63, 3.8) is 0 Å². The van der Waals surface area contributed by atoms with Crippen molar-refractivity contribution in [3.8, 4) is 0 Å². The predicted molar refractivity (Wildman–Crippen MR) is 61.0 cm³/mol. The first-order valence-electron chi connectivity index (χ1n) is 5.41. The molecule has 0 aliphatic carbocycles. The Balaban J connectivity index is 2.23. The van der Waals surface area contributed by atoms with Gasteiger partial charge in [0.15, 0.2) is 12.1 Å². The Bertz CT molecular complexity index is 435. The smallest absolute Gasteiger partial charge is 0.196 e. The number of aliphatic hydroxyl groups excluding tert-OH is 2. The summed E-state index contributed by atoms with van der Waals surface area (Å²) >= 11 is 0. The number of nitrogens with two attached hydrogens (primary N) is 1. The maximum Gasteiger partial charge on any atom is 0.196 e. The van der Waals surface area contributed by atoms with Crippen molar-refractivity contribution >= 4 is 5.70 Å². The molecule has 8 nitrogen and oxygen atoms in total. The molecule has 0 spiro atoms. The van der Waals surface area contributed by atoms with Crippen molar-refractivity contribution in [1.29, 1.82) is 0 Å². The SMILES string of the molecule is C=C(N)c1ncn([C@@H]2O[C@H](CO)[C@@H](O)[C@H]2OC)n1. The predicted octanol–water partition coefficient (Wildman–Crippen LogP) is -1.53. The molecule has 1 saturated heterocycles. The maximum absolute atomic E-state index is 9.88. The first kappa shape index (κ1) is 13.0. The van der Waals surface area contributed by atoms with Gasteiger partial charge in [-0.15, -0.1) is 5.10 Å². The van der Waals surface area contributed by atoms with Crippen molar-refractivity contribution < 1.29 is 19.7 Å². The molecule has 2 rings (SSSR count). The van der Waals surface area contributed by atoms with E-state index >= 15 is 0 Å². The fourth-order valence-corrected chi connectivity index (χ4v) is 1.88. The van der Waals surface area contributed by atoms with E-state index in [1.807, 2.05) is 0 Å². The summed E-state index contributed by atoms with van der Waals surface area (Å²) in [6, 6.07) is 0. The highest BCUT2D eigenvalue weighted by Gasteiger charge is 2.45. The number of ether oxygens (including phenoxy) is 2. The first-order chi connectivity index (χ1) is 8.58. The minimum atomic E-state index is -0.932. The van der Waals surface area contributed by atoms with Crippen LogP contribution in [0.5, 0.6) is 0 Å². The molecule has 18 heavy (non-hydrogen) atoms. The van der Waals surface area contributed by atoms with Gasteiger partial charge in [0.05, 0.1) is 12.3 Å². The number of aromatic nitrogens is 3. The van der Waals surface area contributed by atoms with Crippen LogP contribution in [0.4, 0.5) is 0 Å². The molecule has 1 aliphatic rings. The minimum absolute atomic E-state index is 0.236. The average Bonchev–Trinajstić information content (AvgIpc) is 2.93. The van der Waals surface area contributed by atoms with Crippen LogP contribution in [0.25, 0.3) is 5.70 Å². The molecule has 8 heteroatoms. The van der Waals surface area contributed by atoms with E-state index in [0.717, 1.165) is 0 Å². The lowest BCUT2D eigenvalue weighted by Crippen LogP contribution is -2.34. The van der Waals surface area contributed by atoms with Gasteiger partial charge in [-0.1, -0.05) is 6.58 Å². The number of methoxy groups -OCH3 is 1. The molecule has 4 atom stereocenters. The molecule has 1 aromatic rings. The molecule has 0 radical (unpaired) electrons. The maximum atomic E-state index is 9.88. The lowest BCUT2D eigenvalue weighted by atomic mass is 10.1. The highest BCUT2D eigenvalue weighted by Crippen LogP contribution is 2.30. The summed E-state index contributed by atoms with van der Waals surface area (Å²) in [5.74, 6) is 0.287. The van der Waals surface area contributed by atoms with E-state index in [4.69, 9.17) is 20.3 Å². The van der Waals surface area contributed by atoms with Crippen molar-refractivity contribution in [2.45, 2.75) is 24.5 Å². The summed E-state index contributed by atoms with van der Waals surface area (Å²) in [6.45, 7) is 3.23. The Kier molecular flexibility index (Phi) is 3.62. The van der Waals surface area contributed by atoms with Crippen LogP contribution in [0, 0.1) is 0 Å². The molecule has 0 aromatic carbocycles. The standard InChI is InChI=1S/C10H16N4O4/c1-5(11)9-12-4-14(13-9)10-8(17-2)7(16)6(3-15)18-10/h4,6-8,10,15-16H,1,3,11H2,2H3/t6-,7-,8-,10-/m1/s1. The van der Waals surface area contributed by atoms with Crippen LogP contribution in [0.2, 0.25) is 0 Å². The van der Waals surface area contributed by atoms with Gasteiger partial charge in [-0.05, 0) is 0 Å². The largest absolute Gasteiger partial charge is 0.396 e. The topological polar surface area (TPSA) is 116 Å². The number of hydrogen-bond acceptors (Lipinski definition) is 7. The van der Waals surface area contributed by atoms with Crippen molar-refractivity contribution in [2.24, 2.45) is 5.73 Å². The number of hydrogen-bond donors (Lipinski definition) is 3. The zero-order valence-electron chi connectivity index (χ0n) is 9.93. The van der Waals surface area contributed by atoms with E-state index in [1.54, 1.807) is 0 Å². The van der Waals surface area contributed by atoms with Crippen LogP contribution in [-0.2, 0) is 9.47 Å². The highest BCUT2D eigenvalue weighted by molar-refractivity contribution is 5.51. The third-order valence-electron chi connectivity index (χ3n) is 2.82. The van der Waals surface area contributed by atoms with Gasteiger partial charge in [0.2, 0.25) is 0 Å². The Morgan fingerprint density at radius 3 is 2.94 bits per heavy atom. The zero-order chi connectivity index (χ0) is 13.3. The quantitative estimate of drug-likeness (QED) is 0.598. The van der Waals surface area contributed by atoms with Gasteiger partial charge >= 0.3 is 0 Å². The van der Waals surface area contributed by atoms with Crippen molar-refractivity contribution in [2.75, 3.05) is 13.7 Å². The van der Waals surface area contributed by atoms with Crippen LogP contribution < -0.4 is 5.73 Å². The normalized spacial score (nSPS) is 31.7. The van der Waals surface area contributed by atoms with Crippen molar-refractivity contribution in [3.05, 3.63) is 18.7 Å². The van der Waals surface area contributed by atoms with Crippen LogP contribution in [-0.4, -0.2) is 57.0 Å². The van der Waals surface area contributed by atoms with Crippen LogP contribution in [0.3, 0.4) is 0 Å². The second-order valence-corrected chi connectivity index (χ2v) is 4.01. The van der Waals surface area contributed by atoms with Gasteiger partial charge < -0.3 is 25.4 Å². The second-order valence-electron chi connectivity index (χ2n) is 4.01. The molecule has 1 aromatic heterocycles. The van der Waals surface area contributed by atoms with E-state index in [2.05, 4.69) is 16.7 Å². The van der Waals surface area contributed by atoms with Crippen molar-refractivity contribution in [1.82, 2.24) is 14.8 Å². The van der Waals surface area contributed by atoms with E-state index in [9.17, 15) is 5.11 Å². The molecular formula is C10H16N4O4. The van der Waals surface area contributed by atoms with E-state index in [1.165, 1.54) is 18.1 Å². The second kappa shape index (κ2) is 5.02. The Morgan fingerprint density at radius 1 is 1.72 bits per heavy atom. The van der Waals surface area contributed by atoms with Gasteiger partial charge in [-0.25, -0.2) is 9.67 Å². The fraction of sp³-hybridized carbons (Fsp3) is 0.600. The van der Waals surface area contributed by atoms with E-state index in [0.29, 0.717) is 0 Å². The summed E-state index contributed by atoms with van der Waals surface area (Å²) in [4.78, 5) is 3.95. The van der Waals surface area contributed by atoms with Crippen LogP contribution in [0.1, 0.15) is 12.1 Å². The molecule has 0 unspecified atom stereocenters. The molecule has 1 aliphatic heterocycles. The third kappa shape index (κ3) is 2.10. The van der Waals surface area contributed by atoms with E-state index < -0.39 is 24.5 Å². The number of nitrogens with zero attached hydrogens (tertiary/aromatic N) is 3. The van der Waals surface area contributed by atoms with Gasteiger partial charge in [0, 0.05) is 7.11 Å². The lowest BCUT2D eigenvalue weighted by molar-refractivity contribution is -0.0665. The molecule has 0 bridgehead atoms. The number of aliphatic hydroxyl groups is 2. The van der Waals surface area contributed by atoms with Gasteiger partial charge in [0.1, 0.15) is 24.6 Å². The fourth-order valence-electron chi connectivity index (χ4n) is 1.88. The Labute approximate surface area is 104 Å². The monoisotopic (exact) mass is 256 g/mol. The minimum Gasteiger partial charge on any atom is -0.396 e. The molecule has 1 fully saturated rings. The van der Waals surface area contributed by atoms with Gasteiger partial charge in [-0.2, -0.15) is 0 Å². The molecular weight excluding hydrogens is 240 g/mol. The highest BCUT2D eigenvalue weighted by atomic mass is 16.6. The van der Waals surface area contributed by atoms with Crippen LogP contribution in [0.15, 0.2) is 12.9 Å². The number of rotatable bonds is 4. The summed E-state index contributed by atoms with van der Waals surface area (Å²) in [6.07, 6.45) is -1.53. The first-order valence-corrected chi connectivity index (χ1v) is 5.41. The molecule has 0 saturated carbocycles. The summed E-state index contributed by atoms with van der Waals surface area (Å²) in [7, 11) is 1.45. The van der Waals surface area contributed by atoms with Gasteiger partial charge in [0.25, 0.3) is 0 Å².